The Labute approximate surface area is 115 Å². The number of aromatic carboxylic acids is 1. The van der Waals surface area contributed by atoms with Gasteiger partial charge in [-0.05, 0) is 13.0 Å². The Balaban J connectivity index is 2.53. The first-order valence-electron chi connectivity index (χ1n) is 5.87. The number of carboxylic acid groups (broad SMARTS) is 1. The van der Waals surface area contributed by atoms with Gasteiger partial charge < -0.3 is 10.0 Å². The van der Waals surface area contributed by atoms with Crippen molar-refractivity contribution < 1.29 is 14.7 Å². The van der Waals surface area contributed by atoms with Crippen LogP contribution >= 0.6 is 0 Å². The van der Waals surface area contributed by atoms with Crippen LogP contribution in [0.5, 0.6) is 0 Å². The maximum absolute atomic E-state index is 11.8. The number of nitrogens with zero attached hydrogens (tertiary/aromatic N) is 5. The van der Waals surface area contributed by atoms with Crippen LogP contribution in [0.15, 0.2) is 12.3 Å². The molecule has 0 radical (unpaired) electrons. The Hall–Kier alpha value is -2.64. The molecule has 0 saturated heterocycles. The van der Waals surface area contributed by atoms with E-state index in [9.17, 15) is 14.7 Å². The van der Waals surface area contributed by atoms with Gasteiger partial charge in [-0.2, -0.15) is 10.2 Å². The monoisotopic (exact) mass is 277 g/mol. The highest BCUT2D eigenvalue weighted by atomic mass is 16.4. The summed E-state index contributed by atoms with van der Waals surface area (Å²) >= 11 is 0. The number of aromatic nitrogens is 4. The highest BCUT2D eigenvalue weighted by molar-refractivity contribution is 5.93. The summed E-state index contributed by atoms with van der Waals surface area (Å²) in [5.74, 6) is -1.02. The molecule has 20 heavy (non-hydrogen) atoms. The fourth-order valence-electron chi connectivity index (χ4n) is 1.94. The van der Waals surface area contributed by atoms with Crippen LogP contribution in [-0.4, -0.2) is 55.5 Å². The summed E-state index contributed by atoms with van der Waals surface area (Å²) in [5.41, 5.74) is 0.704. The Morgan fingerprint density at radius 2 is 1.95 bits per heavy atom. The summed E-state index contributed by atoms with van der Waals surface area (Å²) in [5, 5.41) is 17.5. The second-order valence-electron chi connectivity index (χ2n) is 4.56. The van der Waals surface area contributed by atoms with Crippen molar-refractivity contribution in [1.82, 2.24) is 24.5 Å². The molecule has 2 rings (SSSR count). The summed E-state index contributed by atoms with van der Waals surface area (Å²) < 4.78 is 2.77. The molecule has 0 aliphatic rings. The third-order valence-electron chi connectivity index (χ3n) is 2.84. The van der Waals surface area contributed by atoms with E-state index in [1.165, 1.54) is 20.3 Å². The van der Waals surface area contributed by atoms with E-state index in [1.54, 1.807) is 34.3 Å². The van der Waals surface area contributed by atoms with Crippen molar-refractivity contribution in [2.75, 3.05) is 14.1 Å². The normalized spacial score (nSPS) is 10.6. The molecule has 106 valence electrons. The fourth-order valence-corrected chi connectivity index (χ4v) is 1.94. The van der Waals surface area contributed by atoms with Crippen LogP contribution < -0.4 is 0 Å². The van der Waals surface area contributed by atoms with E-state index in [4.69, 9.17) is 0 Å². The number of rotatable bonds is 3. The Kier molecular flexibility index (Phi) is 3.31. The Morgan fingerprint density at radius 1 is 1.30 bits per heavy atom. The standard InChI is InChI=1S/C12H15N5O3/c1-7-9(12(19)20)10(16(4)13-7)17-6-5-8(14-17)11(18)15(2)3/h5-6H,1-4H3,(H,19,20). The number of carboxylic acids is 1. The first-order chi connectivity index (χ1) is 9.32. The highest BCUT2D eigenvalue weighted by Gasteiger charge is 2.22. The average molecular weight is 277 g/mol. The van der Waals surface area contributed by atoms with Crippen molar-refractivity contribution in [2.24, 2.45) is 7.05 Å². The van der Waals surface area contributed by atoms with Crippen LogP contribution in [0, 0.1) is 6.92 Å². The first kappa shape index (κ1) is 13.8. The number of carbonyl (C=O) groups is 2. The predicted molar refractivity (Wildman–Crippen MR) is 70.0 cm³/mol. The largest absolute Gasteiger partial charge is 0.477 e. The Morgan fingerprint density at radius 3 is 2.50 bits per heavy atom. The summed E-state index contributed by atoms with van der Waals surface area (Å²) in [4.78, 5) is 24.5. The zero-order chi connectivity index (χ0) is 15.0. The molecule has 1 N–H and O–H groups in total. The van der Waals surface area contributed by atoms with E-state index in [2.05, 4.69) is 10.2 Å². The molecule has 0 bridgehead atoms. The first-order valence-corrected chi connectivity index (χ1v) is 5.87. The van der Waals surface area contributed by atoms with Crippen molar-refractivity contribution in [3.05, 3.63) is 29.2 Å². The number of aryl methyl sites for hydroxylation is 2. The molecule has 0 fully saturated rings. The zero-order valence-electron chi connectivity index (χ0n) is 11.7. The van der Waals surface area contributed by atoms with Crippen LogP contribution in [0.1, 0.15) is 26.5 Å². The Bertz CT molecular complexity index is 683. The van der Waals surface area contributed by atoms with Gasteiger partial charge in [0.25, 0.3) is 5.91 Å². The maximum atomic E-state index is 11.8. The van der Waals surface area contributed by atoms with Gasteiger partial charge in [-0.25, -0.2) is 14.2 Å². The zero-order valence-corrected chi connectivity index (χ0v) is 11.7. The van der Waals surface area contributed by atoms with E-state index < -0.39 is 5.97 Å². The summed E-state index contributed by atoms with van der Waals surface area (Å²) in [6, 6.07) is 1.54. The lowest BCUT2D eigenvalue weighted by Gasteiger charge is -2.07. The third-order valence-corrected chi connectivity index (χ3v) is 2.84. The van der Waals surface area contributed by atoms with Gasteiger partial charge in [-0.15, -0.1) is 0 Å². The van der Waals surface area contributed by atoms with Crippen molar-refractivity contribution in [3.63, 3.8) is 0 Å². The number of hydrogen-bond donors (Lipinski definition) is 1. The van der Waals surface area contributed by atoms with Crippen LogP contribution in [0.2, 0.25) is 0 Å². The van der Waals surface area contributed by atoms with Gasteiger partial charge in [-0.3, -0.25) is 4.79 Å². The maximum Gasteiger partial charge on any atom is 0.341 e. The summed E-state index contributed by atoms with van der Waals surface area (Å²) in [6.45, 7) is 1.61. The molecular weight excluding hydrogens is 262 g/mol. The van der Waals surface area contributed by atoms with E-state index in [1.807, 2.05) is 0 Å². The van der Waals surface area contributed by atoms with Gasteiger partial charge in [0.05, 0.1) is 5.69 Å². The number of amides is 1. The lowest BCUT2D eigenvalue weighted by atomic mass is 10.2. The quantitative estimate of drug-likeness (QED) is 0.871. The molecule has 2 heterocycles. The van der Waals surface area contributed by atoms with Gasteiger partial charge in [-0.1, -0.05) is 0 Å². The summed E-state index contributed by atoms with van der Waals surface area (Å²) in [6.07, 6.45) is 1.54. The molecule has 0 spiro atoms. The minimum absolute atomic E-state index is 0.0689. The second-order valence-corrected chi connectivity index (χ2v) is 4.56. The molecule has 0 aromatic carbocycles. The van der Waals surface area contributed by atoms with Crippen LogP contribution in [-0.2, 0) is 7.05 Å². The van der Waals surface area contributed by atoms with Crippen molar-refractivity contribution in [1.29, 1.82) is 0 Å². The molecular formula is C12H15N5O3. The molecule has 8 nitrogen and oxygen atoms in total. The highest BCUT2D eigenvalue weighted by Crippen LogP contribution is 2.17. The average Bonchev–Trinajstić information content (AvgIpc) is 2.92. The van der Waals surface area contributed by atoms with E-state index in [0.717, 1.165) is 0 Å². The molecule has 2 aromatic rings. The van der Waals surface area contributed by atoms with Gasteiger partial charge in [0.1, 0.15) is 5.56 Å². The summed E-state index contributed by atoms with van der Waals surface area (Å²) in [7, 11) is 4.88. The lowest BCUT2D eigenvalue weighted by molar-refractivity contribution is 0.0695. The molecule has 0 saturated carbocycles. The van der Waals surface area contributed by atoms with Crippen molar-refractivity contribution in [2.45, 2.75) is 6.92 Å². The van der Waals surface area contributed by atoms with Crippen LogP contribution in [0.3, 0.4) is 0 Å². The van der Waals surface area contributed by atoms with E-state index in [0.29, 0.717) is 11.5 Å². The molecule has 1 amide bonds. The number of hydrogen-bond acceptors (Lipinski definition) is 4. The van der Waals surface area contributed by atoms with E-state index in [-0.39, 0.29) is 17.2 Å². The van der Waals surface area contributed by atoms with Gasteiger partial charge in [0.2, 0.25) is 0 Å². The van der Waals surface area contributed by atoms with Crippen molar-refractivity contribution in [3.8, 4) is 5.82 Å². The predicted octanol–water partition coefficient (Wildman–Crippen LogP) is 0.314. The van der Waals surface area contributed by atoms with Crippen LogP contribution in [0.25, 0.3) is 5.82 Å². The van der Waals surface area contributed by atoms with E-state index >= 15 is 0 Å². The molecule has 2 aromatic heterocycles. The molecule has 0 aliphatic heterocycles. The molecule has 8 heteroatoms. The van der Waals surface area contributed by atoms with Crippen molar-refractivity contribution >= 4 is 11.9 Å². The minimum atomic E-state index is -1.08. The SMILES string of the molecule is Cc1nn(C)c(-n2ccc(C(=O)N(C)C)n2)c1C(=O)O. The van der Waals surface area contributed by atoms with Gasteiger partial charge in [0.15, 0.2) is 11.5 Å². The molecule has 0 aliphatic carbocycles. The smallest absolute Gasteiger partial charge is 0.341 e. The fraction of sp³-hybridized carbons (Fsp3) is 0.333. The van der Waals surface area contributed by atoms with Gasteiger partial charge in [0, 0.05) is 27.3 Å². The minimum Gasteiger partial charge on any atom is -0.477 e. The number of carbonyl (C=O) groups excluding carboxylic acids is 1. The van der Waals surface area contributed by atoms with Crippen LogP contribution in [0.4, 0.5) is 0 Å². The van der Waals surface area contributed by atoms with Gasteiger partial charge >= 0.3 is 5.97 Å². The molecule has 0 unspecified atom stereocenters. The lowest BCUT2D eigenvalue weighted by Crippen LogP contribution is -2.22. The second kappa shape index (κ2) is 4.80. The topological polar surface area (TPSA) is 93.3 Å². The molecule has 0 atom stereocenters. The third kappa shape index (κ3) is 2.15.